The van der Waals surface area contributed by atoms with E-state index in [0.717, 1.165) is 103 Å². The van der Waals surface area contributed by atoms with E-state index in [2.05, 4.69) is 154 Å². The molecule has 77 heavy (non-hydrogen) atoms. The first kappa shape index (κ1) is 71.9. The Balaban J connectivity index is 4.22. The van der Waals surface area contributed by atoms with Crippen molar-refractivity contribution in [2.75, 3.05) is 47.5 Å². The number of aliphatic carboxylic acids is 1. The van der Waals surface area contributed by atoms with Crippen molar-refractivity contribution in [2.24, 2.45) is 0 Å². The van der Waals surface area contributed by atoms with Crippen LogP contribution in [0.1, 0.15) is 194 Å². The molecule has 432 valence electrons. The first-order chi connectivity index (χ1) is 37.6. The zero-order chi connectivity index (χ0) is 56.2. The minimum absolute atomic E-state index is 0.0617. The fraction of sp³-hybridized carbons (Fsp3) is 0.574. The summed E-state index contributed by atoms with van der Waals surface area (Å²) in [6.07, 6.45) is 82.2. The average Bonchev–Trinajstić information content (AvgIpc) is 3.40. The molecular weight excluding hydrogens is 959 g/mol. The highest BCUT2D eigenvalue weighted by Gasteiger charge is 2.25. The van der Waals surface area contributed by atoms with Crippen LogP contribution in [0.4, 0.5) is 0 Å². The van der Waals surface area contributed by atoms with Crippen molar-refractivity contribution >= 4 is 17.9 Å². The highest BCUT2D eigenvalue weighted by molar-refractivity contribution is 5.72. The van der Waals surface area contributed by atoms with Crippen molar-refractivity contribution in [1.29, 1.82) is 0 Å². The number of ether oxygens (including phenoxy) is 4. The molecule has 0 aliphatic carbocycles. The summed E-state index contributed by atoms with van der Waals surface area (Å²) >= 11 is 0. The lowest BCUT2D eigenvalue weighted by Gasteiger charge is -2.25. The Bertz CT molecular complexity index is 1810. The zero-order valence-electron chi connectivity index (χ0n) is 49.0. The number of allylic oxidation sites excluding steroid dienone is 25. The number of hydrogen-bond donors (Lipinski definition) is 1. The number of carbonyl (C=O) groups is 3. The number of unbranched alkanes of at least 4 members (excludes halogenated alkanes) is 12. The average molecular weight is 1070 g/mol. The number of quaternary nitrogens is 1. The Morgan fingerprint density at radius 1 is 0.403 bits per heavy atom. The van der Waals surface area contributed by atoms with Crippen LogP contribution in [-0.4, -0.2) is 87.4 Å². The van der Waals surface area contributed by atoms with Crippen molar-refractivity contribution in [3.8, 4) is 0 Å². The normalized spacial score (nSPS) is 13.9. The maximum atomic E-state index is 12.9. The number of esters is 2. The van der Waals surface area contributed by atoms with Crippen LogP contribution in [0.2, 0.25) is 0 Å². The maximum absolute atomic E-state index is 12.9. The van der Waals surface area contributed by atoms with Gasteiger partial charge in [-0.25, -0.2) is 4.79 Å². The van der Waals surface area contributed by atoms with Gasteiger partial charge in [0.05, 0.1) is 40.8 Å². The number of carboxylic acid groups (broad SMARTS) is 1. The van der Waals surface area contributed by atoms with Crippen LogP contribution in [0.15, 0.2) is 158 Å². The largest absolute Gasteiger partial charge is 0.477 e. The number of carbonyl (C=O) groups excluding carboxylic acids is 2. The molecule has 0 bridgehead atoms. The van der Waals surface area contributed by atoms with Gasteiger partial charge in [0, 0.05) is 6.42 Å². The van der Waals surface area contributed by atoms with E-state index < -0.39 is 30.3 Å². The van der Waals surface area contributed by atoms with Gasteiger partial charge in [-0.3, -0.25) is 9.59 Å². The lowest BCUT2D eigenvalue weighted by atomic mass is 10.0. The fourth-order valence-corrected chi connectivity index (χ4v) is 7.34. The van der Waals surface area contributed by atoms with E-state index in [9.17, 15) is 19.5 Å². The summed E-state index contributed by atoms with van der Waals surface area (Å²) in [5, 5.41) is 9.69. The third kappa shape index (κ3) is 58.4. The van der Waals surface area contributed by atoms with Gasteiger partial charge in [0.1, 0.15) is 13.2 Å². The molecule has 0 aromatic carbocycles. The van der Waals surface area contributed by atoms with Gasteiger partial charge in [-0.2, -0.15) is 0 Å². The summed E-state index contributed by atoms with van der Waals surface area (Å²) in [6, 6.07) is 0. The van der Waals surface area contributed by atoms with E-state index in [1.54, 1.807) is 6.08 Å². The van der Waals surface area contributed by atoms with Crippen molar-refractivity contribution < 1.29 is 42.9 Å². The van der Waals surface area contributed by atoms with E-state index in [-0.39, 0.29) is 32.7 Å². The summed E-state index contributed by atoms with van der Waals surface area (Å²) in [5.74, 6) is -2.19. The topological polar surface area (TPSA) is 108 Å². The number of likely N-dealkylation sites (N-methyl/N-ethyl adjacent to an activating group) is 1. The Hall–Kier alpha value is -5.09. The van der Waals surface area contributed by atoms with Gasteiger partial charge in [-0.05, 0) is 103 Å². The molecule has 0 fully saturated rings. The molecular formula is C68H108NO8+. The number of nitrogens with zero attached hydrogens (tertiary/aromatic N) is 1. The van der Waals surface area contributed by atoms with Crippen LogP contribution in [-0.2, 0) is 33.3 Å². The van der Waals surface area contributed by atoms with Crippen molar-refractivity contribution in [3.05, 3.63) is 158 Å². The van der Waals surface area contributed by atoms with E-state index in [4.69, 9.17) is 18.9 Å². The monoisotopic (exact) mass is 1070 g/mol. The van der Waals surface area contributed by atoms with E-state index >= 15 is 0 Å². The van der Waals surface area contributed by atoms with Gasteiger partial charge in [-0.15, -0.1) is 0 Å². The molecule has 9 heteroatoms. The first-order valence-electron chi connectivity index (χ1n) is 29.6. The van der Waals surface area contributed by atoms with Gasteiger partial charge in [-0.1, -0.05) is 236 Å². The second-order valence-electron chi connectivity index (χ2n) is 20.2. The zero-order valence-corrected chi connectivity index (χ0v) is 49.0. The molecule has 0 saturated carbocycles. The van der Waals surface area contributed by atoms with E-state index in [1.165, 1.54) is 51.4 Å². The van der Waals surface area contributed by atoms with Gasteiger partial charge in [0.2, 0.25) is 0 Å². The smallest absolute Gasteiger partial charge is 0.361 e. The standard InChI is InChI=1S/C68H107NO8/c1-6-8-10-12-14-16-18-20-22-23-24-25-26-27-28-29-30-31-32-33-34-35-36-37-38-39-40-41-42-43-45-47-49-51-53-55-57-59-66(71)77-64(63-76-68(67(72)73)74-61-60-69(3,4)5)62-75-65(70)58-56-54-52-50-48-46-44-21-19-17-15-13-11-9-7-2/h8-11,14-17,20-22,24-25,27-28,30-31,33-34,36-37,44,48,50,54,56,64,68H,6-7,12-13,18-19,23,26,29,32,35,38-43,45-47,49,51-53,55,57-63H2,1-5H3/p+1/b10-8-,11-9-,16-14-,17-15-,22-20-,25-24-,28-27-,31-30-,34-33-,37-36-,44-21-,50-48-,56-54-. The predicted molar refractivity (Wildman–Crippen MR) is 327 cm³/mol. The molecule has 0 aromatic rings. The maximum Gasteiger partial charge on any atom is 0.361 e. The van der Waals surface area contributed by atoms with Gasteiger partial charge in [0.25, 0.3) is 6.29 Å². The Morgan fingerprint density at radius 3 is 1.10 bits per heavy atom. The Morgan fingerprint density at radius 2 is 0.740 bits per heavy atom. The summed E-state index contributed by atoms with van der Waals surface area (Å²) < 4.78 is 22.7. The molecule has 2 unspecified atom stereocenters. The third-order valence-electron chi connectivity index (χ3n) is 11.8. The lowest BCUT2D eigenvalue weighted by molar-refractivity contribution is -0.870. The highest BCUT2D eigenvalue weighted by Crippen LogP contribution is 2.14. The van der Waals surface area contributed by atoms with Crippen LogP contribution in [0.5, 0.6) is 0 Å². The molecule has 0 rings (SSSR count). The minimum Gasteiger partial charge on any atom is -0.477 e. The highest BCUT2D eigenvalue weighted by atomic mass is 16.7. The molecule has 0 radical (unpaired) electrons. The molecule has 0 spiro atoms. The van der Waals surface area contributed by atoms with Crippen LogP contribution < -0.4 is 0 Å². The molecule has 1 N–H and O–H groups in total. The molecule has 0 aliphatic rings. The number of carboxylic acids is 1. The van der Waals surface area contributed by atoms with Gasteiger partial charge < -0.3 is 28.5 Å². The molecule has 0 aliphatic heterocycles. The second-order valence-corrected chi connectivity index (χ2v) is 20.2. The van der Waals surface area contributed by atoms with Crippen LogP contribution in [0.25, 0.3) is 0 Å². The molecule has 9 nitrogen and oxygen atoms in total. The van der Waals surface area contributed by atoms with E-state index in [1.807, 2.05) is 33.3 Å². The fourth-order valence-electron chi connectivity index (χ4n) is 7.34. The van der Waals surface area contributed by atoms with Crippen molar-refractivity contribution in [2.45, 2.75) is 206 Å². The predicted octanol–water partition coefficient (Wildman–Crippen LogP) is 17.8. The SMILES string of the molecule is CC/C=C\C/C=C\C/C=C\C/C=C\C/C=C\C/C=C\C/C=C\C/C=C\CCCCCCCCCCCCCCC(=O)OC(COC(=O)C/C=C\C/C=C\C/C=C\C/C=C\C/C=C\CC)COC(OCC[N+](C)(C)C)C(=O)O. The minimum atomic E-state index is -1.54. The summed E-state index contributed by atoms with van der Waals surface area (Å²) in [7, 11) is 5.93. The molecule has 0 heterocycles. The van der Waals surface area contributed by atoms with Crippen molar-refractivity contribution in [1.82, 2.24) is 0 Å². The molecule has 2 atom stereocenters. The second kappa shape index (κ2) is 57.1. The third-order valence-corrected chi connectivity index (χ3v) is 11.8. The lowest BCUT2D eigenvalue weighted by Crippen LogP contribution is -2.40. The quantitative estimate of drug-likeness (QED) is 0.0211. The van der Waals surface area contributed by atoms with Crippen LogP contribution in [0, 0.1) is 0 Å². The molecule has 0 saturated heterocycles. The van der Waals surface area contributed by atoms with Crippen LogP contribution in [0.3, 0.4) is 0 Å². The van der Waals surface area contributed by atoms with Gasteiger partial charge in [0.15, 0.2) is 6.10 Å². The summed E-state index contributed by atoms with van der Waals surface area (Å²) in [4.78, 5) is 37.3. The van der Waals surface area contributed by atoms with Gasteiger partial charge >= 0.3 is 17.9 Å². The Labute approximate surface area is 470 Å². The number of hydrogen-bond acceptors (Lipinski definition) is 7. The summed E-state index contributed by atoms with van der Waals surface area (Å²) in [6.45, 7) is 4.50. The van der Waals surface area contributed by atoms with Crippen molar-refractivity contribution in [3.63, 3.8) is 0 Å². The Kier molecular flexibility index (Phi) is 53.3. The van der Waals surface area contributed by atoms with E-state index in [0.29, 0.717) is 23.9 Å². The molecule has 0 aromatic heterocycles. The first-order valence-corrected chi connectivity index (χ1v) is 29.6. The summed E-state index contributed by atoms with van der Waals surface area (Å²) in [5.41, 5.74) is 0. The van der Waals surface area contributed by atoms with Crippen LogP contribution >= 0.6 is 0 Å². The number of rotatable bonds is 52. The molecule has 0 amide bonds.